The van der Waals surface area contributed by atoms with Crippen LogP contribution in [0, 0.1) is 5.92 Å². The maximum absolute atomic E-state index is 2.66. The summed E-state index contributed by atoms with van der Waals surface area (Å²) in [6.45, 7) is 9.44. The SMILES string of the molecule is CC(C)CCc1ccccc1CN1CCCCC1C. The second-order valence-electron chi connectivity index (χ2n) is 6.52. The van der Waals surface area contributed by atoms with Gasteiger partial charge in [-0.1, -0.05) is 44.5 Å². The third-order valence-corrected chi connectivity index (χ3v) is 4.42. The van der Waals surface area contributed by atoms with Crippen molar-refractivity contribution in [1.29, 1.82) is 0 Å². The highest BCUT2D eigenvalue weighted by Crippen LogP contribution is 2.22. The summed E-state index contributed by atoms with van der Waals surface area (Å²) in [5.74, 6) is 0.793. The molecule has 1 fully saturated rings. The summed E-state index contributed by atoms with van der Waals surface area (Å²) in [5.41, 5.74) is 3.12. The van der Waals surface area contributed by atoms with Crippen molar-refractivity contribution in [2.45, 2.75) is 65.5 Å². The standard InChI is InChI=1S/C18H29N/c1-15(2)11-12-17-9-4-5-10-18(17)14-19-13-7-6-8-16(19)3/h4-5,9-10,15-16H,6-8,11-14H2,1-3H3. The summed E-state index contributed by atoms with van der Waals surface area (Å²) in [6, 6.07) is 9.80. The van der Waals surface area contributed by atoms with Gasteiger partial charge in [-0.3, -0.25) is 4.90 Å². The molecule has 106 valence electrons. The Bertz CT molecular complexity index is 383. The molecule has 0 amide bonds. The van der Waals surface area contributed by atoms with Crippen molar-refractivity contribution < 1.29 is 0 Å². The van der Waals surface area contributed by atoms with Crippen molar-refractivity contribution in [1.82, 2.24) is 4.90 Å². The summed E-state index contributed by atoms with van der Waals surface area (Å²) < 4.78 is 0. The van der Waals surface area contributed by atoms with E-state index < -0.39 is 0 Å². The van der Waals surface area contributed by atoms with Crippen LogP contribution in [0.5, 0.6) is 0 Å². The van der Waals surface area contributed by atoms with Gasteiger partial charge in [0, 0.05) is 12.6 Å². The topological polar surface area (TPSA) is 3.24 Å². The quantitative estimate of drug-likeness (QED) is 0.744. The number of aryl methyl sites for hydroxylation is 1. The lowest BCUT2D eigenvalue weighted by atomic mass is 9.96. The predicted octanol–water partition coefficient (Wildman–Crippen LogP) is 4.65. The second-order valence-corrected chi connectivity index (χ2v) is 6.52. The van der Waals surface area contributed by atoms with E-state index in [1.165, 1.54) is 38.6 Å². The van der Waals surface area contributed by atoms with Crippen LogP contribution in [0.25, 0.3) is 0 Å². The first kappa shape index (κ1) is 14.6. The number of hydrogen-bond donors (Lipinski definition) is 0. The van der Waals surface area contributed by atoms with Crippen LogP contribution in [0.2, 0.25) is 0 Å². The molecule has 1 aromatic carbocycles. The van der Waals surface area contributed by atoms with Crippen LogP contribution in [0.15, 0.2) is 24.3 Å². The number of piperidine rings is 1. The van der Waals surface area contributed by atoms with Crippen LogP contribution < -0.4 is 0 Å². The van der Waals surface area contributed by atoms with Crippen molar-refractivity contribution >= 4 is 0 Å². The van der Waals surface area contributed by atoms with E-state index in [0.717, 1.165) is 18.5 Å². The Kier molecular flexibility index (Phi) is 5.45. The first-order valence-electron chi connectivity index (χ1n) is 7.97. The molecule has 2 rings (SSSR count). The lowest BCUT2D eigenvalue weighted by Gasteiger charge is -2.33. The minimum Gasteiger partial charge on any atom is -0.296 e. The molecular formula is C18H29N. The molecule has 1 saturated heterocycles. The number of likely N-dealkylation sites (tertiary alicyclic amines) is 1. The highest BCUT2D eigenvalue weighted by Gasteiger charge is 2.18. The van der Waals surface area contributed by atoms with Gasteiger partial charge in [0.25, 0.3) is 0 Å². The minimum absolute atomic E-state index is 0.756. The molecule has 0 N–H and O–H groups in total. The lowest BCUT2D eigenvalue weighted by Crippen LogP contribution is -2.37. The summed E-state index contributed by atoms with van der Waals surface area (Å²) in [4.78, 5) is 2.66. The van der Waals surface area contributed by atoms with E-state index in [1.807, 2.05) is 0 Å². The van der Waals surface area contributed by atoms with E-state index in [1.54, 1.807) is 11.1 Å². The predicted molar refractivity (Wildman–Crippen MR) is 83.3 cm³/mol. The highest BCUT2D eigenvalue weighted by atomic mass is 15.2. The van der Waals surface area contributed by atoms with Gasteiger partial charge < -0.3 is 0 Å². The molecular weight excluding hydrogens is 230 g/mol. The molecule has 1 aliphatic rings. The lowest BCUT2D eigenvalue weighted by molar-refractivity contribution is 0.152. The molecule has 0 radical (unpaired) electrons. The summed E-state index contributed by atoms with van der Waals surface area (Å²) in [5, 5.41) is 0. The fourth-order valence-electron chi connectivity index (χ4n) is 3.01. The van der Waals surface area contributed by atoms with Gasteiger partial charge in [-0.25, -0.2) is 0 Å². The molecule has 0 saturated carbocycles. The Morgan fingerprint density at radius 1 is 1.16 bits per heavy atom. The Morgan fingerprint density at radius 3 is 2.58 bits per heavy atom. The number of hydrogen-bond acceptors (Lipinski definition) is 1. The molecule has 1 atom stereocenters. The molecule has 1 heteroatoms. The molecule has 19 heavy (non-hydrogen) atoms. The summed E-state index contributed by atoms with van der Waals surface area (Å²) in [6.07, 6.45) is 6.68. The Morgan fingerprint density at radius 2 is 1.89 bits per heavy atom. The largest absolute Gasteiger partial charge is 0.296 e. The summed E-state index contributed by atoms with van der Waals surface area (Å²) in [7, 11) is 0. The maximum atomic E-state index is 2.66. The smallest absolute Gasteiger partial charge is 0.0239 e. The van der Waals surface area contributed by atoms with Gasteiger partial charge in [0.05, 0.1) is 0 Å². The molecule has 0 spiro atoms. The highest BCUT2D eigenvalue weighted by molar-refractivity contribution is 5.27. The first-order chi connectivity index (χ1) is 9.16. The van der Waals surface area contributed by atoms with E-state index in [2.05, 4.69) is 49.9 Å². The monoisotopic (exact) mass is 259 g/mol. The maximum Gasteiger partial charge on any atom is 0.0239 e. The van der Waals surface area contributed by atoms with Gasteiger partial charge in [-0.15, -0.1) is 0 Å². The zero-order valence-corrected chi connectivity index (χ0v) is 12.9. The van der Waals surface area contributed by atoms with Crippen LogP contribution in [0.3, 0.4) is 0 Å². The minimum atomic E-state index is 0.756. The van der Waals surface area contributed by atoms with Gasteiger partial charge >= 0.3 is 0 Å². The van der Waals surface area contributed by atoms with Gasteiger partial charge in [0.1, 0.15) is 0 Å². The number of rotatable bonds is 5. The molecule has 1 aromatic rings. The van der Waals surface area contributed by atoms with Gasteiger partial charge in [0.2, 0.25) is 0 Å². The average Bonchev–Trinajstić information content (AvgIpc) is 2.40. The van der Waals surface area contributed by atoms with E-state index in [4.69, 9.17) is 0 Å². The van der Waals surface area contributed by atoms with Crippen molar-refractivity contribution in [3.63, 3.8) is 0 Å². The Balaban J connectivity index is 2.02. The Labute approximate surface area is 119 Å². The van der Waals surface area contributed by atoms with Gasteiger partial charge in [-0.05, 0) is 56.2 Å². The third-order valence-electron chi connectivity index (χ3n) is 4.42. The molecule has 0 aromatic heterocycles. The van der Waals surface area contributed by atoms with E-state index in [0.29, 0.717) is 0 Å². The van der Waals surface area contributed by atoms with Crippen molar-refractivity contribution in [2.24, 2.45) is 5.92 Å². The van der Waals surface area contributed by atoms with Crippen LogP contribution in [0.4, 0.5) is 0 Å². The van der Waals surface area contributed by atoms with Crippen molar-refractivity contribution in [3.05, 3.63) is 35.4 Å². The van der Waals surface area contributed by atoms with Crippen LogP contribution in [-0.2, 0) is 13.0 Å². The van der Waals surface area contributed by atoms with Crippen molar-refractivity contribution in [3.8, 4) is 0 Å². The molecule has 1 nitrogen and oxygen atoms in total. The molecule has 1 heterocycles. The normalized spacial score (nSPS) is 20.9. The Hall–Kier alpha value is -0.820. The molecule has 1 aliphatic heterocycles. The zero-order chi connectivity index (χ0) is 13.7. The van der Waals surface area contributed by atoms with Crippen LogP contribution >= 0.6 is 0 Å². The summed E-state index contributed by atoms with van der Waals surface area (Å²) >= 11 is 0. The fourth-order valence-corrected chi connectivity index (χ4v) is 3.01. The molecule has 0 aliphatic carbocycles. The third kappa shape index (κ3) is 4.35. The van der Waals surface area contributed by atoms with E-state index in [9.17, 15) is 0 Å². The molecule has 1 unspecified atom stereocenters. The first-order valence-corrected chi connectivity index (χ1v) is 7.97. The molecule has 0 bridgehead atoms. The number of nitrogens with zero attached hydrogens (tertiary/aromatic N) is 1. The van der Waals surface area contributed by atoms with Crippen LogP contribution in [-0.4, -0.2) is 17.5 Å². The van der Waals surface area contributed by atoms with Crippen LogP contribution in [0.1, 0.15) is 57.6 Å². The van der Waals surface area contributed by atoms with E-state index in [-0.39, 0.29) is 0 Å². The number of benzene rings is 1. The van der Waals surface area contributed by atoms with E-state index >= 15 is 0 Å². The second kappa shape index (κ2) is 7.09. The fraction of sp³-hybridized carbons (Fsp3) is 0.667. The van der Waals surface area contributed by atoms with Gasteiger partial charge in [0.15, 0.2) is 0 Å². The average molecular weight is 259 g/mol. The van der Waals surface area contributed by atoms with Gasteiger partial charge in [-0.2, -0.15) is 0 Å². The van der Waals surface area contributed by atoms with Crippen molar-refractivity contribution in [2.75, 3.05) is 6.54 Å². The zero-order valence-electron chi connectivity index (χ0n) is 12.9.